The summed E-state index contributed by atoms with van der Waals surface area (Å²) in [5.74, 6) is 2.80. The minimum atomic E-state index is -0.464. The number of nitrogens with one attached hydrogen (secondary N) is 1. The molecule has 0 unspecified atom stereocenters. The lowest BCUT2D eigenvalue weighted by molar-refractivity contribution is 0.139. The van der Waals surface area contributed by atoms with Crippen LogP contribution in [-0.4, -0.2) is 18.7 Å². The first-order valence-electron chi connectivity index (χ1n) is 8.19. The molecule has 0 aromatic heterocycles. The van der Waals surface area contributed by atoms with E-state index in [2.05, 4.69) is 35.5 Å². The summed E-state index contributed by atoms with van der Waals surface area (Å²) in [7, 11) is 0. The molecule has 0 saturated carbocycles. The SMILES string of the molecule is C#C[C@@H](NC(=O)OCC1c2ccccc2-c2ccccc21)C(C)C. The van der Waals surface area contributed by atoms with Gasteiger partial charge in [0.1, 0.15) is 6.61 Å². The van der Waals surface area contributed by atoms with Crippen molar-refractivity contribution in [1.29, 1.82) is 0 Å². The highest BCUT2D eigenvalue weighted by Gasteiger charge is 2.29. The Morgan fingerprint density at radius 2 is 1.67 bits per heavy atom. The Kier molecular flexibility index (Phi) is 4.57. The summed E-state index contributed by atoms with van der Waals surface area (Å²) < 4.78 is 5.48. The number of terminal acetylenes is 1. The molecule has 1 amide bonds. The fourth-order valence-corrected chi connectivity index (χ4v) is 3.17. The van der Waals surface area contributed by atoms with Gasteiger partial charge in [-0.05, 0) is 28.2 Å². The maximum absolute atomic E-state index is 12.1. The van der Waals surface area contributed by atoms with E-state index < -0.39 is 6.09 Å². The molecule has 0 radical (unpaired) electrons. The van der Waals surface area contributed by atoms with Crippen molar-refractivity contribution in [2.24, 2.45) is 5.92 Å². The van der Waals surface area contributed by atoms with Gasteiger partial charge in [-0.2, -0.15) is 0 Å². The van der Waals surface area contributed by atoms with E-state index in [0.29, 0.717) is 6.61 Å². The van der Waals surface area contributed by atoms with Crippen LogP contribution in [0.1, 0.15) is 30.9 Å². The van der Waals surface area contributed by atoms with E-state index in [9.17, 15) is 4.79 Å². The Hall–Kier alpha value is -2.73. The zero-order valence-corrected chi connectivity index (χ0v) is 14.0. The molecule has 0 bridgehead atoms. The molecule has 3 nitrogen and oxygen atoms in total. The summed E-state index contributed by atoms with van der Waals surface area (Å²) >= 11 is 0. The van der Waals surface area contributed by atoms with Crippen molar-refractivity contribution >= 4 is 6.09 Å². The van der Waals surface area contributed by atoms with Crippen LogP contribution in [0.5, 0.6) is 0 Å². The summed E-state index contributed by atoms with van der Waals surface area (Å²) in [6.07, 6.45) is 4.98. The van der Waals surface area contributed by atoms with Crippen LogP contribution >= 0.6 is 0 Å². The number of fused-ring (bicyclic) bond motifs is 3. The zero-order valence-electron chi connectivity index (χ0n) is 14.0. The average Bonchev–Trinajstić information content (AvgIpc) is 2.91. The molecule has 24 heavy (non-hydrogen) atoms. The first-order valence-corrected chi connectivity index (χ1v) is 8.19. The average molecular weight is 319 g/mol. The predicted octanol–water partition coefficient (Wildman–Crippen LogP) is 4.18. The van der Waals surface area contributed by atoms with Gasteiger partial charge in [0.2, 0.25) is 0 Å². The minimum absolute atomic E-state index is 0.0616. The third-order valence-electron chi connectivity index (χ3n) is 4.46. The highest BCUT2D eigenvalue weighted by molar-refractivity contribution is 5.79. The van der Waals surface area contributed by atoms with Gasteiger partial charge in [0, 0.05) is 5.92 Å². The van der Waals surface area contributed by atoms with Crippen LogP contribution in [0.15, 0.2) is 48.5 Å². The number of benzene rings is 2. The van der Waals surface area contributed by atoms with Crippen molar-refractivity contribution in [2.45, 2.75) is 25.8 Å². The van der Waals surface area contributed by atoms with Crippen LogP contribution in [-0.2, 0) is 4.74 Å². The van der Waals surface area contributed by atoms with Gasteiger partial charge in [-0.1, -0.05) is 68.3 Å². The number of rotatable bonds is 4. The Labute approximate surface area is 143 Å². The van der Waals surface area contributed by atoms with E-state index in [1.807, 2.05) is 38.1 Å². The van der Waals surface area contributed by atoms with Crippen molar-refractivity contribution in [3.8, 4) is 23.5 Å². The molecule has 0 fully saturated rings. The molecular formula is C21H21NO2. The second-order valence-electron chi connectivity index (χ2n) is 6.36. The summed E-state index contributed by atoms with van der Waals surface area (Å²) in [5.41, 5.74) is 4.82. The third kappa shape index (κ3) is 3.00. The number of ether oxygens (including phenoxy) is 1. The molecule has 1 atom stereocenters. The molecule has 1 aliphatic rings. The number of amides is 1. The van der Waals surface area contributed by atoms with E-state index in [1.54, 1.807) is 0 Å². The highest BCUT2D eigenvalue weighted by Crippen LogP contribution is 2.44. The van der Waals surface area contributed by atoms with Crippen molar-refractivity contribution in [1.82, 2.24) is 5.32 Å². The second kappa shape index (κ2) is 6.80. The zero-order chi connectivity index (χ0) is 17.1. The normalized spacial score (nSPS) is 13.8. The maximum Gasteiger partial charge on any atom is 0.408 e. The van der Waals surface area contributed by atoms with Gasteiger partial charge in [0.05, 0.1) is 6.04 Å². The fraction of sp³-hybridized carbons (Fsp3) is 0.286. The molecule has 0 spiro atoms. The quantitative estimate of drug-likeness (QED) is 0.859. The lowest BCUT2D eigenvalue weighted by Gasteiger charge is -2.18. The highest BCUT2D eigenvalue weighted by atomic mass is 16.5. The molecule has 122 valence electrons. The van der Waals surface area contributed by atoms with E-state index in [-0.39, 0.29) is 17.9 Å². The Bertz CT molecular complexity index is 743. The van der Waals surface area contributed by atoms with E-state index in [1.165, 1.54) is 22.3 Å². The molecule has 3 rings (SSSR count). The first kappa shape index (κ1) is 16.1. The van der Waals surface area contributed by atoms with Crippen LogP contribution in [0.2, 0.25) is 0 Å². The summed E-state index contributed by atoms with van der Waals surface area (Å²) in [5, 5.41) is 2.74. The summed E-state index contributed by atoms with van der Waals surface area (Å²) in [6, 6.07) is 16.2. The van der Waals surface area contributed by atoms with Gasteiger partial charge < -0.3 is 10.1 Å². The molecule has 1 aliphatic carbocycles. The van der Waals surface area contributed by atoms with Crippen molar-refractivity contribution in [3.63, 3.8) is 0 Å². The minimum Gasteiger partial charge on any atom is -0.449 e. The van der Waals surface area contributed by atoms with Crippen molar-refractivity contribution < 1.29 is 9.53 Å². The monoisotopic (exact) mass is 319 g/mol. The molecule has 2 aromatic rings. The number of hydrogen-bond donors (Lipinski definition) is 1. The van der Waals surface area contributed by atoms with Gasteiger partial charge in [0.25, 0.3) is 0 Å². The molecular weight excluding hydrogens is 298 g/mol. The number of alkyl carbamates (subject to hydrolysis) is 1. The molecule has 2 aromatic carbocycles. The van der Waals surface area contributed by atoms with E-state index in [0.717, 1.165) is 0 Å². The van der Waals surface area contributed by atoms with Crippen molar-refractivity contribution in [3.05, 3.63) is 59.7 Å². The molecule has 3 heteroatoms. The Morgan fingerprint density at radius 3 is 2.17 bits per heavy atom. The van der Waals surface area contributed by atoms with Gasteiger partial charge in [-0.15, -0.1) is 6.42 Å². The fourth-order valence-electron chi connectivity index (χ4n) is 3.17. The Morgan fingerprint density at radius 1 is 1.12 bits per heavy atom. The predicted molar refractivity (Wildman–Crippen MR) is 95.7 cm³/mol. The van der Waals surface area contributed by atoms with Crippen LogP contribution in [0, 0.1) is 18.3 Å². The van der Waals surface area contributed by atoms with Crippen molar-refractivity contribution in [2.75, 3.05) is 6.61 Å². The lowest BCUT2D eigenvalue weighted by atomic mass is 9.98. The van der Waals surface area contributed by atoms with Gasteiger partial charge >= 0.3 is 6.09 Å². The summed E-state index contributed by atoms with van der Waals surface area (Å²) in [4.78, 5) is 12.1. The van der Waals surface area contributed by atoms with Gasteiger partial charge in [0.15, 0.2) is 0 Å². The van der Waals surface area contributed by atoms with Crippen LogP contribution < -0.4 is 5.32 Å². The second-order valence-corrected chi connectivity index (χ2v) is 6.36. The largest absolute Gasteiger partial charge is 0.449 e. The number of carbonyl (C=O) groups excluding carboxylic acids is 1. The van der Waals surface area contributed by atoms with E-state index >= 15 is 0 Å². The molecule has 0 saturated heterocycles. The topological polar surface area (TPSA) is 38.3 Å². The third-order valence-corrected chi connectivity index (χ3v) is 4.46. The first-order chi connectivity index (χ1) is 11.6. The molecule has 0 aliphatic heterocycles. The van der Waals surface area contributed by atoms with Gasteiger partial charge in [-0.25, -0.2) is 4.79 Å². The van der Waals surface area contributed by atoms with Crippen LogP contribution in [0.3, 0.4) is 0 Å². The summed E-state index contributed by atoms with van der Waals surface area (Å²) in [6.45, 7) is 4.23. The van der Waals surface area contributed by atoms with Gasteiger partial charge in [-0.3, -0.25) is 0 Å². The number of carbonyl (C=O) groups is 1. The maximum atomic E-state index is 12.1. The standard InChI is InChI=1S/C21H21NO2/c1-4-20(14(2)3)22-21(23)24-13-19-17-11-7-5-9-15(17)16-10-6-8-12-18(16)19/h1,5-12,14,19-20H,13H2,2-3H3,(H,22,23)/t20-/m1/s1. The number of hydrogen-bond acceptors (Lipinski definition) is 2. The Balaban J connectivity index is 1.74. The molecule has 0 heterocycles. The van der Waals surface area contributed by atoms with E-state index in [4.69, 9.17) is 11.2 Å². The smallest absolute Gasteiger partial charge is 0.408 e. The van der Waals surface area contributed by atoms with Crippen LogP contribution in [0.4, 0.5) is 4.79 Å². The molecule has 1 N–H and O–H groups in total. The lowest BCUT2D eigenvalue weighted by Crippen LogP contribution is -2.38. The van der Waals surface area contributed by atoms with Crippen LogP contribution in [0.25, 0.3) is 11.1 Å².